The number of hydrogen-bond acceptors (Lipinski definition) is 3. The summed E-state index contributed by atoms with van der Waals surface area (Å²) in [5, 5.41) is 8.10. The van der Waals surface area contributed by atoms with Gasteiger partial charge in [-0.1, -0.05) is 43.7 Å². The van der Waals surface area contributed by atoms with Gasteiger partial charge in [-0.05, 0) is 26.5 Å². The van der Waals surface area contributed by atoms with Crippen LogP contribution in [-0.2, 0) is 12.8 Å². The molecule has 0 aliphatic heterocycles. The Morgan fingerprint density at radius 1 is 1.14 bits per heavy atom. The van der Waals surface area contributed by atoms with Gasteiger partial charge in [-0.25, -0.2) is 9.67 Å². The second-order valence-electron chi connectivity index (χ2n) is 5.51. The molecule has 0 bridgehead atoms. The highest BCUT2D eigenvalue weighted by atomic mass is 15.4. The van der Waals surface area contributed by atoms with Crippen LogP contribution in [0.2, 0.25) is 0 Å². The standard InChI is InChI=1S/C17H26N4/c1-6-15-19-16(7-2)21(20-15)13(4)17(18-5)14-10-8-12(3)9-11-14/h8-11,13,17-18H,6-7H2,1-5H3. The molecule has 0 aliphatic carbocycles. The van der Waals surface area contributed by atoms with Crippen molar-refractivity contribution in [3.63, 3.8) is 0 Å². The summed E-state index contributed by atoms with van der Waals surface area (Å²) in [4.78, 5) is 4.62. The van der Waals surface area contributed by atoms with E-state index < -0.39 is 0 Å². The van der Waals surface area contributed by atoms with Gasteiger partial charge in [0.05, 0.1) is 12.1 Å². The molecule has 0 radical (unpaired) electrons. The summed E-state index contributed by atoms with van der Waals surface area (Å²) in [6.45, 7) is 8.54. The van der Waals surface area contributed by atoms with Crippen molar-refractivity contribution in [3.8, 4) is 0 Å². The summed E-state index contributed by atoms with van der Waals surface area (Å²) in [5.41, 5.74) is 2.57. The van der Waals surface area contributed by atoms with E-state index in [0.717, 1.165) is 24.5 Å². The number of hydrogen-bond donors (Lipinski definition) is 1. The average molecular weight is 286 g/mol. The van der Waals surface area contributed by atoms with Gasteiger partial charge in [-0.15, -0.1) is 0 Å². The van der Waals surface area contributed by atoms with Crippen LogP contribution in [0, 0.1) is 6.92 Å². The highest BCUT2D eigenvalue weighted by molar-refractivity contribution is 5.25. The number of aromatic nitrogens is 3. The van der Waals surface area contributed by atoms with Crippen LogP contribution in [0.1, 0.15) is 55.6 Å². The van der Waals surface area contributed by atoms with Gasteiger partial charge in [0, 0.05) is 12.8 Å². The molecule has 1 N–H and O–H groups in total. The molecule has 1 aromatic carbocycles. The van der Waals surface area contributed by atoms with Gasteiger partial charge in [-0.2, -0.15) is 5.10 Å². The number of rotatable bonds is 6. The molecular weight excluding hydrogens is 260 g/mol. The lowest BCUT2D eigenvalue weighted by Crippen LogP contribution is -2.27. The lowest BCUT2D eigenvalue weighted by Gasteiger charge is -2.25. The highest BCUT2D eigenvalue weighted by Gasteiger charge is 2.22. The molecule has 0 aliphatic rings. The molecule has 1 heterocycles. The third kappa shape index (κ3) is 3.32. The first-order valence-corrected chi connectivity index (χ1v) is 7.78. The summed E-state index contributed by atoms with van der Waals surface area (Å²) in [6, 6.07) is 9.15. The van der Waals surface area contributed by atoms with Gasteiger partial charge in [-0.3, -0.25) is 0 Å². The Kier molecular flexibility index (Phi) is 5.12. The lowest BCUT2D eigenvalue weighted by atomic mass is 9.99. The highest BCUT2D eigenvalue weighted by Crippen LogP contribution is 2.26. The summed E-state index contributed by atoms with van der Waals surface area (Å²) in [7, 11) is 2.00. The number of benzene rings is 1. The molecule has 114 valence electrons. The molecule has 0 fully saturated rings. The molecule has 2 aromatic rings. The minimum Gasteiger partial charge on any atom is -0.311 e. The second kappa shape index (κ2) is 6.85. The fraction of sp³-hybridized carbons (Fsp3) is 0.529. The lowest BCUT2D eigenvalue weighted by molar-refractivity contribution is 0.360. The van der Waals surface area contributed by atoms with Crippen molar-refractivity contribution in [2.45, 2.75) is 52.6 Å². The van der Waals surface area contributed by atoms with E-state index in [9.17, 15) is 0 Å². The molecule has 2 atom stereocenters. The predicted molar refractivity (Wildman–Crippen MR) is 86.5 cm³/mol. The van der Waals surface area contributed by atoms with E-state index in [2.05, 4.69) is 72.0 Å². The first kappa shape index (κ1) is 15.7. The normalized spacial score (nSPS) is 14.1. The van der Waals surface area contributed by atoms with Gasteiger partial charge in [0.2, 0.25) is 0 Å². The molecular formula is C17H26N4. The molecule has 4 heteroatoms. The zero-order valence-electron chi connectivity index (χ0n) is 13.7. The van der Waals surface area contributed by atoms with Crippen molar-refractivity contribution in [2.24, 2.45) is 0 Å². The van der Waals surface area contributed by atoms with Gasteiger partial charge < -0.3 is 5.32 Å². The quantitative estimate of drug-likeness (QED) is 0.886. The topological polar surface area (TPSA) is 42.7 Å². The van der Waals surface area contributed by atoms with E-state index in [1.54, 1.807) is 0 Å². The van der Waals surface area contributed by atoms with Gasteiger partial charge in [0.15, 0.2) is 5.82 Å². The minimum atomic E-state index is 0.223. The monoisotopic (exact) mass is 286 g/mol. The van der Waals surface area contributed by atoms with E-state index in [-0.39, 0.29) is 12.1 Å². The fourth-order valence-corrected chi connectivity index (χ4v) is 2.72. The Bertz CT molecular complexity index is 571. The van der Waals surface area contributed by atoms with E-state index in [1.807, 2.05) is 7.05 Å². The van der Waals surface area contributed by atoms with Crippen molar-refractivity contribution < 1.29 is 0 Å². The molecule has 2 rings (SSSR count). The van der Waals surface area contributed by atoms with Crippen LogP contribution in [0.4, 0.5) is 0 Å². The van der Waals surface area contributed by atoms with E-state index >= 15 is 0 Å². The Balaban J connectivity index is 2.33. The molecule has 0 amide bonds. The number of aryl methyl sites for hydroxylation is 3. The van der Waals surface area contributed by atoms with Crippen LogP contribution in [0.3, 0.4) is 0 Å². The molecule has 0 saturated heterocycles. The maximum absolute atomic E-state index is 4.68. The average Bonchev–Trinajstić information content (AvgIpc) is 2.93. The smallest absolute Gasteiger partial charge is 0.150 e. The molecule has 21 heavy (non-hydrogen) atoms. The van der Waals surface area contributed by atoms with Gasteiger partial charge in [0.1, 0.15) is 5.82 Å². The van der Waals surface area contributed by atoms with Crippen LogP contribution >= 0.6 is 0 Å². The Morgan fingerprint density at radius 2 is 1.81 bits per heavy atom. The van der Waals surface area contributed by atoms with Crippen LogP contribution in [0.15, 0.2) is 24.3 Å². The third-order valence-corrected chi connectivity index (χ3v) is 3.99. The van der Waals surface area contributed by atoms with Crippen molar-refractivity contribution in [3.05, 3.63) is 47.0 Å². The largest absolute Gasteiger partial charge is 0.311 e. The van der Waals surface area contributed by atoms with Crippen molar-refractivity contribution in [1.29, 1.82) is 0 Å². The van der Waals surface area contributed by atoms with Crippen LogP contribution in [0.25, 0.3) is 0 Å². The first-order chi connectivity index (χ1) is 10.1. The van der Waals surface area contributed by atoms with Crippen LogP contribution < -0.4 is 5.32 Å². The van der Waals surface area contributed by atoms with Crippen molar-refractivity contribution in [2.75, 3.05) is 7.05 Å². The fourth-order valence-electron chi connectivity index (χ4n) is 2.72. The molecule has 4 nitrogen and oxygen atoms in total. The molecule has 2 unspecified atom stereocenters. The van der Waals surface area contributed by atoms with Crippen LogP contribution in [0.5, 0.6) is 0 Å². The summed E-state index contributed by atoms with van der Waals surface area (Å²) < 4.78 is 2.08. The van der Waals surface area contributed by atoms with Crippen molar-refractivity contribution >= 4 is 0 Å². The number of likely N-dealkylation sites (N-methyl/N-ethyl adjacent to an activating group) is 1. The van der Waals surface area contributed by atoms with Crippen LogP contribution in [-0.4, -0.2) is 21.8 Å². The predicted octanol–water partition coefficient (Wildman–Crippen LogP) is 3.23. The third-order valence-electron chi connectivity index (χ3n) is 3.99. The first-order valence-electron chi connectivity index (χ1n) is 7.78. The van der Waals surface area contributed by atoms with Crippen molar-refractivity contribution in [1.82, 2.24) is 20.1 Å². The molecule has 0 spiro atoms. The number of nitrogens with zero attached hydrogens (tertiary/aromatic N) is 3. The minimum absolute atomic E-state index is 0.223. The molecule has 0 saturated carbocycles. The SMILES string of the molecule is CCc1nc(CC)n(C(C)C(NC)c2ccc(C)cc2)n1. The van der Waals surface area contributed by atoms with E-state index in [0.29, 0.717) is 0 Å². The zero-order valence-corrected chi connectivity index (χ0v) is 13.7. The van der Waals surface area contributed by atoms with E-state index in [4.69, 9.17) is 0 Å². The Hall–Kier alpha value is -1.68. The Morgan fingerprint density at radius 3 is 2.33 bits per heavy atom. The summed E-state index contributed by atoms with van der Waals surface area (Å²) >= 11 is 0. The molecule has 1 aromatic heterocycles. The van der Waals surface area contributed by atoms with Gasteiger partial charge in [0.25, 0.3) is 0 Å². The second-order valence-corrected chi connectivity index (χ2v) is 5.51. The number of nitrogens with one attached hydrogen (secondary N) is 1. The summed E-state index contributed by atoms with van der Waals surface area (Å²) in [6.07, 6.45) is 1.78. The maximum Gasteiger partial charge on any atom is 0.150 e. The summed E-state index contributed by atoms with van der Waals surface area (Å²) in [5.74, 6) is 1.99. The zero-order chi connectivity index (χ0) is 15.4. The van der Waals surface area contributed by atoms with E-state index in [1.165, 1.54) is 11.1 Å². The van der Waals surface area contributed by atoms with Gasteiger partial charge >= 0.3 is 0 Å². The Labute approximate surface area is 127 Å². The maximum atomic E-state index is 4.68.